The largest absolute Gasteiger partial charge is 0.338 e. The predicted molar refractivity (Wildman–Crippen MR) is 136 cm³/mol. The molecule has 3 aromatic rings. The third-order valence-corrected chi connectivity index (χ3v) is 7.04. The van der Waals surface area contributed by atoms with Crippen molar-refractivity contribution in [1.29, 1.82) is 0 Å². The number of hydroxylamine groups is 1. The molecule has 0 unspecified atom stereocenters. The van der Waals surface area contributed by atoms with Crippen LogP contribution in [-0.2, 0) is 8.85 Å². The van der Waals surface area contributed by atoms with Gasteiger partial charge in [0.25, 0.3) is 0 Å². The summed E-state index contributed by atoms with van der Waals surface area (Å²) < 4.78 is 17.8. The first-order valence-corrected chi connectivity index (χ1v) is 13.9. The fraction of sp³-hybridized carbons (Fsp3) is 0.273. The lowest BCUT2D eigenvalue weighted by atomic mass is 10.2. The van der Waals surface area contributed by atoms with Crippen molar-refractivity contribution in [3.05, 3.63) is 59.2 Å². The molecular weight excluding hydrogens is 465 g/mol. The molecule has 1 heterocycles. The van der Waals surface area contributed by atoms with Gasteiger partial charge in [0.05, 0.1) is 28.8 Å². The zero-order valence-corrected chi connectivity index (χ0v) is 20.9. The first kappa shape index (κ1) is 24.6. The second-order valence-corrected chi connectivity index (χ2v) is 11.9. The van der Waals surface area contributed by atoms with Gasteiger partial charge >= 0.3 is 0 Å². The Kier molecular flexibility index (Phi) is 8.57. The number of para-hydroxylation sites is 1. The van der Waals surface area contributed by atoms with Gasteiger partial charge in [-0.15, -0.1) is 0 Å². The fourth-order valence-electron chi connectivity index (χ4n) is 2.75. The molecule has 0 bridgehead atoms. The second kappa shape index (κ2) is 11.2. The van der Waals surface area contributed by atoms with Crippen molar-refractivity contribution < 1.29 is 8.85 Å². The quantitative estimate of drug-likeness (QED) is 0.135. The van der Waals surface area contributed by atoms with Gasteiger partial charge in [-0.2, -0.15) is 10.5 Å². The molecule has 0 radical (unpaired) electrons. The van der Waals surface area contributed by atoms with E-state index in [-0.39, 0.29) is 0 Å². The maximum atomic E-state index is 12.3. The normalized spacial score (nSPS) is 11.4. The van der Waals surface area contributed by atoms with Crippen molar-refractivity contribution in [1.82, 2.24) is 15.4 Å². The molecule has 0 aliphatic heterocycles. The highest BCUT2D eigenvalue weighted by atomic mass is 35.5. The molecule has 7 nitrogen and oxygen atoms in total. The molecule has 0 saturated carbocycles. The Morgan fingerprint density at radius 3 is 2.62 bits per heavy atom. The van der Waals surface area contributed by atoms with Crippen molar-refractivity contribution in [2.75, 3.05) is 30.5 Å². The number of hydrogen-bond acceptors (Lipinski definition) is 8. The van der Waals surface area contributed by atoms with Crippen molar-refractivity contribution in [2.45, 2.75) is 25.2 Å². The first-order chi connectivity index (χ1) is 15.3. The zero-order chi connectivity index (χ0) is 23.1. The lowest BCUT2D eigenvalue weighted by Crippen LogP contribution is -2.10. The molecule has 0 spiro atoms. The van der Waals surface area contributed by atoms with Gasteiger partial charge in [-0.3, -0.25) is 0 Å². The van der Waals surface area contributed by atoms with Crippen molar-refractivity contribution in [3.63, 3.8) is 0 Å². The fourth-order valence-corrected chi connectivity index (χ4v) is 4.40. The van der Waals surface area contributed by atoms with Gasteiger partial charge in [-0.05, 0) is 62.6 Å². The molecule has 10 heteroatoms. The third kappa shape index (κ3) is 6.70. The van der Waals surface area contributed by atoms with E-state index in [0.29, 0.717) is 16.8 Å². The molecule has 32 heavy (non-hydrogen) atoms. The van der Waals surface area contributed by atoms with Crippen molar-refractivity contribution in [3.8, 4) is 0 Å². The van der Waals surface area contributed by atoms with E-state index in [4.69, 9.17) is 15.9 Å². The van der Waals surface area contributed by atoms with Crippen molar-refractivity contribution in [2.24, 2.45) is 0 Å². The minimum absolute atomic E-state index is 0.394. The molecule has 0 atom stereocenters. The van der Waals surface area contributed by atoms with Gasteiger partial charge in [-0.1, -0.05) is 30.7 Å². The van der Waals surface area contributed by atoms with E-state index in [1.165, 1.54) is 12.0 Å². The molecule has 0 fully saturated rings. The maximum absolute atomic E-state index is 12.3. The Morgan fingerprint density at radius 1 is 1.12 bits per heavy atom. The summed E-state index contributed by atoms with van der Waals surface area (Å²) in [6.07, 6.45) is 2.52. The first-order valence-electron chi connectivity index (χ1n) is 10.2. The van der Waals surface area contributed by atoms with Crippen LogP contribution in [0.25, 0.3) is 0 Å². The van der Waals surface area contributed by atoms with Crippen LogP contribution < -0.4 is 21.4 Å². The molecule has 3 N–H and O–H groups in total. The summed E-state index contributed by atoms with van der Waals surface area (Å²) >= 11 is 7.58. The molecular formula is C22H27ClN5O2PS. The molecule has 1 aromatic heterocycles. The number of rotatable bonds is 10. The number of aryl methyl sites for hydroxylation is 1. The number of nitrogens with zero attached hydrogens (tertiary/aromatic N) is 2. The number of aromatic nitrogens is 2. The van der Waals surface area contributed by atoms with Gasteiger partial charge in [-0.25, -0.2) is 9.27 Å². The Labute approximate surface area is 198 Å². The minimum atomic E-state index is -2.32. The topological polar surface area (TPSA) is 88.2 Å². The molecule has 0 saturated heterocycles. The van der Waals surface area contributed by atoms with E-state index in [1.54, 1.807) is 19.5 Å². The predicted octanol–water partition coefficient (Wildman–Crippen LogP) is 6.11. The smallest absolute Gasteiger partial charge is 0.229 e. The van der Waals surface area contributed by atoms with E-state index in [2.05, 4.69) is 33.0 Å². The zero-order valence-electron chi connectivity index (χ0n) is 18.5. The SMILES string of the molecule is CCCNOSc1ccccc1Nc1nc(Nc2ccc(P(C)(C)=O)cc2C)ncc1Cl. The summed E-state index contributed by atoms with van der Waals surface area (Å²) in [4.78, 5) is 9.72. The van der Waals surface area contributed by atoms with Crippen LogP contribution in [0.15, 0.2) is 53.6 Å². The van der Waals surface area contributed by atoms with Crippen LogP contribution in [0, 0.1) is 6.92 Å². The highest BCUT2D eigenvalue weighted by Crippen LogP contribution is 2.36. The van der Waals surface area contributed by atoms with E-state index in [0.717, 1.165) is 40.1 Å². The van der Waals surface area contributed by atoms with Crippen LogP contribution in [0.5, 0.6) is 0 Å². The summed E-state index contributed by atoms with van der Waals surface area (Å²) in [5, 5.41) is 7.71. The molecule has 0 aliphatic rings. The minimum Gasteiger partial charge on any atom is -0.338 e. The Hall–Kier alpha value is -2.09. The van der Waals surface area contributed by atoms with Crippen LogP contribution in [-0.4, -0.2) is 29.8 Å². The van der Waals surface area contributed by atoms with Crippen LogP contribution >= 0.6 is 30.8 Å². The standard InChI is InChI=1S/C22H27ClN5O2PS/c1-5-12-25-30-32-20-9-7-6-8-19(20)26-21-17(23)14-24-22(28-21)27-18-11-10-16(13-15(18)2)31(3,4)29/h6-11,13-14,25H,5,12H2,1-4H3,(H2,24,26,27,28). The molecule has 3 rings (SSSR count). The van der Waals surface area contributed by atoms with E-state index in [9.17, 15) is 4.57 Å². The number of hydrogen-bond donors (Lipinski definition) is 3. The summed E-state index contributed by atoms with van der Waals surface area (Å²) in [7, 11) is -2.32. The third-order valence-electron chi connectivity index (χ3n) is 4.50. The van der Waals surface area contributed by atoms with Crippen LogP contribution in [0.4, 0.5) is 23.1 Å². The monoisotopic (exact) mass is 491 g/mol. The number of nitrogens with one attached hydrogen (secondary N) is 3. The van der Waals surface area contributed by atoms with Gasteiger partial charge in [0.15, 0.2) is 5.82 Å². The van der Waals surface area contributed by atoms with Gasteiger partial charge < -0.3 is 15.2 Å². The Balaban J connectivity index is 1.78. The average Bonchev–Trinajstić information content (AvgIpc) is 2.75. The summed E-state index contributed by atoms with van der Waals surface area (Å²) in [6.45, 7) is 8.31. The van der Waals surface area contributed by atoms with E-state index < -0.39 is 7.14 Å². The molecule has 0 aliphatic carbocycles. The number of halogens is 1. The number of benzene rings is 2. The molecule has 170 valence electrons. The van der Waals surface area contributed by atoms with Crippen LogP contribution in [0.2, 0.25) is 5.02 Å². The highest BCUT2D eigenvalue weighted by molar-refractivity contribution is 7.94. The lowest BCUT2D eigenvalue weighted by Gasteiger charge is -2.14. The second-order valence-electron chi connectivity index (χ2n) is 7.55. The highest BCUT2D eigenvalue weighted by Gasteiger charge is 2.14. The van der Waals surface area contributed by atoms with E-state index >= 15 is 0 Å². The summed E-state index contributed by atoms with van der Waals surface area (Å²) in [5.41, 5.74) is 5.50. The van der Waals surface area contributed by atoms with Crippen LogP contribution in [0.3, 0.4) is 0 Å². The molecule has 0 amide bonds. The maximum Gasteiger partial charge on any atom is 0.229 e. The van der Waals surface area contributed by atoms with Crippen LogP contribution in [0.1, 0.15) is 18.9 Å². The lowest BCUT2D eigenvalue weighted by molar-refractivity contribution is 0.239. The van der Waals surface area contributed by atoms with Gasteiger partial charge in [0.1, 0.15) is 12.2 Å². The van der Waals surface area contributed by atoms with Crippen molar-refractivity contribution >= 4 is 59.2 Å². The Bertz CT molecular complexity index is 1130. The Morgan fingerprint density at radius 2 is 1.91 bits per heavy atom. The van der Waals surface area contributed by atoms with E-state index in [1.807, 2.05) is 49.4 Å². The average molecular weight is 492 g/mol. The molecule has 2 aromatic carbocycles. The van der Waals surface area contributed by atoms with Gasteiger partial charge in [0.2, 0.25) is 5.95 Å². The van der Waals surface area contributed by atoms with Gasteiger partial charge in [0, 0.05) is 17.5 Å². The summed E-state index contributed by atoms with van der Waals surface area (Å²) in [5.74, 6) is 0.870. The summed E-state index contributed by atoms with van der Waals surface area (Å²) in [6, 6.07) is 13.4. The number of anilines is 4.